The Kier molecular flexibility index (Phi) is 26.2. The molecule has 0 fully saturated rings. The minimum Gasteiger partial charge on any atom is -0.378 e. The van der Waals surface area contributed by atoms with Crippen LogP contribution < -0.4 is 0 Å². The number of halogens is 6. The molecule has 0 saturated carbocycles. The molecule has 6 aromatic rings. The van der Waals surface area contributed by atoms with Gasteiger partial charge in [0.15, 0.2) is 0 Å². The van der Waals surface area contributed by atoms with Crippen LogP contribution in [0.25, 0.3) is 0 Å². The first-order chi connectivity index (χ1) is 34.6. The van der Waals surface area contributed by atoms with E-state index in [4.69, 9.17) is 119 Å². The Morgan fingerprint density at radius 2 is 0.486 bits per heavy atom. The van der Waals surface area contributed by atoms with Crippen molar-refractivity contribution in [3.8, 4) is 0 Å². The smallest absolute Gasteiger partial charge is 0.104 e. The van der Waals surface area contributed by atoms with E-state index in [1.807, 2.05) is 72.8 Å². The van der Waals surface area contributed by atoms with Crippen molar-refractivity contribution in [3.05, 3.63) is 209 Å². The fourth-order valence-electron chi connectivity index (χ4n) is 8.33. The molecule has 0 spiro atoms. The zero-order valence-electron chi connectivity index (χ0n) is 40.6. The van der Waals surface area contributed by atoms with Crippen LogP contribution in [-0.2, 0) is 88.2 Å². The fraction of sp³-hybridized carbons (Fsp3) is 0.368. The molecule has 0 atom stereocenters. The molecule has 6 rings (SSSR count). The summed E-state index contributed by atoms with van der Waals surface area (Å²) in [5.41, 5.74) is 7.46. The van der Waals surface area contributed by atoms with E-state index in [2.05, 4.69) is 72.8 Å². The summed E-state index contributed by atoms with van der Waals surface area (Å²) >= 11 is 57.3. The van der Waals surface area contributed by atoms with Crippen molar-refractivity contribution in [3.63, 3.8) is 0 Å². The van der Waals surface area contributed by atoms with Crippen LogP contribution in [0.1, 0.15) is 33.4 Å². The van der Waals surface area contributed by atoms with Gasteiger partial charge in [0.05, 0.1) is 33.0 Å². The molecule has 0 aliphatic rings. The third kappa shape index (κ3) is 22.8. The van der Waals surface area contributed by atoms with Crippen LogP contribution in [0.2, 0.25) is 30.1 Å². The quantitative estimate of drug-likeness (QED) is 0.0309. The SMILES string of the molecule is S=P(CCOCC(COCCP(=S)(CCc1ccc(Cl)cc1)CCc1ccc(Cl)cc1)OCCP(=S)(CCc1ccc(Cl)cc1)CCc1ccc(Cl)cc1)(CCc1ccc(Cl)cc1)CCc1ccc(Cl)cc1. The van der Waals surface area contributed by atoms with Gasteiger partial charge in [0.25, 0.3) is 0 Å². The third-order valence-corrected chi connectivity index (χ3v) is 28.7. The minimum atomic E-state index is -1.87. The Hall–Kier alpha value is -1.11. The monoisotopic (exact) mass is 1200 g/mol. The molecule has 0 aliphatic carbocycles. The highest BCUT2D eigenvalue weighted by atomic mass is 35.5. The molecular weight excluding hydrogens is 1130 g/mol. The van der Waals surface area contributed by atoms with Crippen LogP contribution in [0.5, 0.6) is 0 Å². The van der Waals surface area contributed by atoms with Gasteiger partial charge in [-0.3, -0.25) is 0 Å². The second-order valence-electron chi connectivity index (χ2n) is 18.6. The highest BCUT2D eigenvalue weighted by Crippen LogP contribution is 2.49. The Morgan fingerprint density at radius 1 is 0.292 bits per heavy atom. The van der Waals surface area contributed by atoms with Crippen LogP contribution in [0.3, 0.4) is 0 Å². The van der Waals surface area contributed by atoms with Gasteiger partial charge in [0.2, 0.25) is 0 Å². The molecule has 0 amide bonds. The van der Waals surface area contributed by atoms with E-state index >= 15 is 0 Å². The first-order valence-electron chi connectivity index (χ1n) is 24.6. The molecule has 0 N–H and O–H groups in total. The van der Waals surface area contributed by atoms with E-state index in [-0.39, 0.29) is 6.10 Å². The van der Waals surface area contributed by atoms with Crippen molar-refractivity contribution >= 4 is 123 Å². The second kappa shape index (κ2) is 31.3. The first-order valence-corrected chi connectivity index (χ1v) is 36.9. The van der Waals surface area contributed by atoms with Crippen molar-refractivity contribution in [1.29, 1.82) is 0 Å². The van der Waals surface area contributed by atoms with Crippen LogP contribution in [-0.4, -0.2) is 94.6 Å². The van der Waals surface area contributed by atoms with E-state index in [1.54, 1.807) is 0 Å². The van der Waals surface area contributed by atoms with Crippen LogP contribution in [0.15, 0.2) is 146 Å². The van der Waals surface area contributed by atoms with Gasteiger partial charge in [0, 0.05) is 48.6 Å². The molecule has 386 valence electrons. The predicted molar refractivity (Wildman–Crippen MR) is 329 cm³/mol. The number of aryl methyl sites for hydroxylation is 6. The normalized spacial score (nSPS) is 12.2. The van der Waals surface area contributed by atoms with Crippen molar-refractivity contribution in [1.82, 2.24) is 0 Å². The van der Waals surface area contributed by atoms with Gasteiger partial charge in [-0.25, -0.2) is 0 Å². The van der Waals surface area contributed by atoms with Gasteiger partial charge in [0.1, 0.15) is 6.10 Å². The molecule has 15 heteroatoms. The maximum Gasteiger partial charge on any atom is 0.104 e. The number of ether oxygens (including phenoxy) is 3. The number of benzene rings is 6. The van der Waals surface area contributed by atoms with Crippen LogP contribution >= 0.6 is 87.7 Å². The Morgan fingerprint density at radius 3 is 0.694 bits per heavy atom. The predicted octanol–water partition coefficient (Wildman–Crippen LogP) is 17.2. The zero-order valence-corrected chi connectivity index (χ0v) is 50.3. The van der Waals surface area contributed by atoms with Crippen molar-refractivity contribution in [2.45, 2.75) is 44.6 Å². The highest BCUT2D eigenvalue weighted by Gasteiger charge is 2.23. The van der Waals surface area contributed by atoms with Gasteiger partial charge in [-0.15, -0.1) is 0 Å². The van der Waals surface area contributed by atoms with Gasteiger partial charge >= 0.3 is 0 Å². The molecule has 0 aromatic heterocycles. The molecule has 0 radical (unpaired) electrons. The highest BCUT2D eigenvalue weighted by molar-refractivity contribution is 8.15. The molecule has 3 nitrogen and oxygen atoms in total. The Labute approximate surface area is 475 Å². The lowest BCUT2D eigenvalue weighted by Gasteiger charge is -2.26. The molecule has 72 heavy (non-hydrogen) atoms. The summed E-state index contributed by atoms with van der Waals surface area (Å²) in [4.78, 5) is 0. The number of hydrogen-bond donors (Lipinski definition) is 0. The average Bonchev–Trinajstić information content (AvgIpc) is 3.38. The minimum absolute atomic E-state index is 0.289. The second-order valence-corrected chi connectivity index (χ2v) is 38.6. The maximum absolute atomic E-state index is 6.80. The molecule has 6 aromatic carbocycles. The largest absolute Gasteiger partial charge is 0.378 e. The number of hydrogen-bond acceptors (Lipinski definition) is 6. The molecule has 0 unspecified atom stereocenters. The summed E-state index contributed by atoms with van der Waals surface area (Å²) in [7, 11) is 0. The van der Waals surface area contributed by atoms with Gasteiger partial charge in [-0.1, -0.05) is 178 Å². The van der Waals surface area contributed by atoms with Crippen molar-refractivity contribution in [2.75, 3.05) is 88.5 Å². The van der Waals surface area contributed by atoms with E-state index in [9.17, 15) is 0 Å². The average molecular weight is 1200 g/mol. The van der Waals surface area contributed by atoms with Crippen LogP contribution in [0.4, 0.5) is 0 Å². The maximum atomic E-state index is 6.80. The lowest BCUT2D eigenvalue weighted by Crippen LogP contribution is -2.28. The molecular formula is C57H65Cl6O3P3S3. The topological polar surface area (TPSA) is 27.7 Å². The van der Waals surface area contributed by atoms with E-state index in [1.165, 1.54) is 33.4 Å². The molecule has 0 saturated heterocycles. The summed E-state index contributed by atoms with van der Waals surface area (Å²) in [6.45, 7) is 2.41. The third-order valence-electron chi connectivity index (χ3n) is 13.1. The summed E-state index contributed by atoms with van der Waals surface area (Å²) in [5, 5.41) is 4.41. The first kappa shape index (κ1) is 60.1. The molecule has 0 aliphatic heterocycles. The fourth-order valence-corrected chi connectivity index (χ4v) is 18.8. The Balaban J connectivity index is 1.12. The summed E-state index contributed by atoms with van der Waals surface area (Å²) in [6, 6.07) is 43.2. The van der Waals surface area contributed by atoms with Gasteiger partial charge in [-0.05, 0) is 200 Å². The molecule has 0 bridgehead atoms. The molecule has 0 heterocycles. The lowest BCUT2D eigenvalue weighted by molar-refractivity contribution is -0.0511. The van der Waals surface area contributed by atoms with E-state index in [0.29, 0.717) is 33.0 Å². The summed E-state index contributed by atoms with van der Waals surface area (Å²) < 4.78 is 20.0. The number of rotatable bonds is 32. The van der Waals surface area contributed by atoms with Crippen molar-refractivity contribution < 1.29 is 14.2 Å². The van der Waals surface area contributed by atoms with E-state index < -0.39 is 18.1 Å². The summed E-state index contributed by atoms with van der Waals surface area (Å²) in [5.74, 6) is 0. The van der Waals surface area contributed by atoms with Crippen LogP contribution in [0, 0.1) is 0 Å². The standard InChI is InChI=1S/C57H65Cl6O3P3S3/c58-51-13-1-45(2-14-51)25-34-67(70,35-26-46-3-15-52(59)16-4-46)40-31-64-43-57(66-33-42-69(72,38-29-49-9-21-55(62)22-10-49)39-30-50-11-23-56(63)24-12-50)44-65-32-41-68(71,36-27-47-5-17-53(60)18-6-47)37-28-48-7-19-54(61)20-8-48/h1-24,57H,25-44H2. The van der Waals surface area contributed by atoms with Crippen molar-refractivity contribution in [2.24, 2.45) is 0 Å². The summed E-state index contributed by atoms with van der Waals surface area (Å²) in [6.07, 6.45) is 13.3. The van der Waals surface area contributed by atoms with Gasteiger partial charge in [-0.2, -0.15) is 0 Å². The lowest BCUT2D eigenvalue weighted by atomic mass is 10.2. The van der Waals surface area contributed by atoms with E-state index in [0.717, 1.165) is 124 Å². The zero-order chi connectivity index (χ0) is 51.2. The Bertz CT molecular complexity index is 2390. The van der Waals surface area contributed by atoms with Gasteiger partial charge < -0.3 is 14.2 Å².